The molecule has 5 rings (SSSR count). The van der Waals surface area contributed by atoms with Crippen molar-refractivity contribution in [1.29, 1.82) is 0 Å². The second-order valence-electron chi connectivity index (χ2n) is 8.34. The molecular formula is C24H24N6O4. The average molecular weight is 460 g/mol. The number of ether oxygens (including phenoxy) is 2. The maximum absolute atomic E-state index is 13.1. The number of allylic oxidation sites excluding steroid dienone is 1. The molecular weight excluding hydrogens is 436 g/mol. The van der Waals surface area contributed by atoms with Crippen molar-refractivity contribution in [3.63, 3.8) is 0 Å². The van der Waals surface area contributed by atoms with E-state index in [2.05, 4.69) is 26.8 Å². The fourth-order valence-electron chi connectivity index (χ4n) is 3.74. The number of anilines is 2. The second-order valence-corrected chi connectivity index (χ2v) is 8.34. The molecule has 0 fully saturated rings. The van der Waals surface area contributed by atoms with E-state index in [1.54, 1.807) is 42.8 Å². The first-order valence-electron chi connectivity index (χ1n) is 10.8. The van der Waals surface area contributed by atoms with Gasteiger partial charge < -0.3 is 19.9 Å². The number of hydrogen-bond acceptors (Lipinski definition) is 8. The topological polar surface area (TPSA) is 116 Å². The summed E-state index contributed by atoms with van der Waals surface area (Å²) >= 11 is 0. The van der Waals surface area contributed by atoms with Crippen molar-refractivity contribution in [2.24, 2.45) is 0 Å². The minimum Gasteiger partial charge on any atom is -0.486 e. The largest absolute Gasteiger partial charge is 0.486 e. The van der Waals surface area contributed by atoms with Crippen LogP contribution in [0.15, 0.2) is 60.0 Å². The Morgan fingerprint density at radius 3 is 2.74 bits per heavy atom. The molecule has 1 aliphatic heterocycles. The smallest absolute Gasteiger partial charge is 0.278 e. The van der Waals surface area contributed by atoms with Gasteiger partial charge in [0.05, 0.1) is 12.2 Å². The molecule has 0 saturated carbocycles. The second kappa shape index (κ2) is 8.31. The zero-order chi connectivity index (χ0) is 23.9. The fraction of sp³-hybridized carbons (Fsp3) is 0.250. The maximum atomic E-state index is 13.1. The van der Waals surface area contributed by atoms with E-state index in [9.17, 15) is 9.90 Å². The number of nitrogens with one attached hydrogen (secondary N) is 1. The lowest BCUT2D eigenvalue weighted by Crippen LogP contribution is -2.23. The zero-order valence-electron chi connectivity index (χ0n) is 18.9. The molecule has 0 saturated heterocycles. The fourth-order valence-corrected chi connectivity index (χ4v) is 3.74. The van der Waals surface area contributed by atoms with Gasteiger partial charge in [0.1, 0.15) is 24.2 Å². The lowest BCUT2D eigenvalue weighted by Gasteiger charge is -2.19. The third-order valence-corrected chi connectivity index (χ3v) is 5.35. The molecule has 0 spiro atoms. The summed E-state index contributed by atoms with van der Waals surface area (Å²) in [6.07, 6.45) is 3.11. The Hall–Kier alpha value is -4.18. The summed E-state index contributed by atoms with van der Waals surface area (Å²) in [5.74, 6) is 2.06. The quantitative estimate of drug-likeness (QED) is 0.422. The molecule has 3 aromatic heterocycles. The van der Waals surface area contributed by atoms with Crippen molar-refractivity contribution in [2.45, 2.75) is 26.0 Å². The van der Waals surface area contributed by atoms with Crippen molar-refractivity contribution in [1.82, 2.24) is 24.3 Å². The summed E-state index contributed by atoms with van der Waals surface area (Å²) in [4.78, 5) is 26.7. The van der Waals surface area contributed by atoms with Crippen LogP contribution in [-0.2, 0) is 12.1 Å². The van der Waals surface area contributed by atoms with Gasteiger partial charge in [-0.05, 0) is 38.1 Å². The monoisotopic (exact) mass is 460 g/mol. The van der Waals surface area contributed by atoms with Crippen LogP contribution in [0.3, 0.4) is 0 Å². The normalized spacial score (nSPS) is 13.1. The first kappa shape index (κ1) is 21.7. The van der Waals surface area contributed by atoms with Gasteiger partial charge in [-0.15, -0.1) is 6.58 Å². The summed E-state index contributed by atoms with van der Waals surface area (Å²) in [7, 11) is 0. The van der Waals surface area contributed by atoms with E-state index in [0.717, 1.165) is 0 Å². The summed E-state index contributed by atoms with van der Waals surface area (Å²) in [5.41, 5.74) is 0.138. The highest BCUT2D eigenvalue weighted by molar-refractivity contribution is 5.77. The average Bonchev–Trinajstić information content (AvgIpc) is 3.10. The first-order chi connectivity index (χ1) is 16.3. The molecule has 1 aromatic carbocycles. The number of nitrogens with zero attached hydrogens (tertiary/aromatic N) is 5. The van der Waals surface area contributed by atoms with Crippen LogP contribution in [0, 0.1) is 0 Å². The van der Waals surface area contributed by atoms with Crippen molar-refractivity contribution in [2.75, 3.05) is 18.5 Å². The van der Waals surface area contributed by atoms with E-state index >= 15 is 0 Å². The van der Waals surface area contributed by atoms with Gasteiger partial charge in [0.15, 0.2) is 23.0 Å². The van der Waals surface area contributed by atoms with E-state index in [-0.39, 0.29) is 12.1 Å². The summed E-state index contributed by atoms with van der Waals surface area (Å²) in [6, 6.07) is 10.7. The van der Waals surface area contributed by atoms with Crippen LogP contribution in [0.25, 0.3) is 16.9 Å². The molecule has 10 nitrogen and oxygen atoms in total. The van der Waals surface area contributed by atoms with Crippen LogP contribution >= 0.6 is 0 Å². The highest BCUT2D eigenvalue weighted by Crippen LogP contribution is 2.33. The van der Waals surface area contributed by atoms with Crippen LogP contribution in [0.2, 0.25) is 0 Å². The van der Waals surface area contributed by atoms with E-state index in [0.29, 0.717) is 58.9 Å². The van der Waals surface area contributed by atoms with E-state index < -0.39 is 5.60 Å². The van der Waals surface area contributed by atoms with E-state index in [1.807, 2.05) is 18.2 Å². The van der Waals surface area contributed by atoms with Gasteiger partial charge in [-0.25, -0.2) is 19.3 Å². The minimum absolute atomic E-state index is 0.245. The Morgan fingerprint density at radius 2 is 1.97 bits per heavy atom. The van der Waals surface area contributed by atoms with Crippen LogP contribution < -0.4 is 20.3 Å². The SMILES string of the molecule is C=CCn1c(=O)c2cnc(Nc3ccc4c(c3)OCCO4)nc2n1-c1cccc(C(C)(C)O)n1. The molecule has 1 aliphatic rings. The third kappa shape index (κ3) is 3.88. The number of fused-ring (bicyclic) bond motifs is 2. The van der Waals surface area contributed by atoms with E-state index in [1.165, 1.54) is 10.9 Å². The molecule has 10 heteroatoms. The Balaban J connectivity index is 1.62. The zero-order valence-corrected chi connectivity index (χ0v) is 18.9. The highest BCUT2D eigenvalue weighted by Gasteiger charge is 2.22. The molecule has 0 amide bonds. The Labute approximate surface area is 195 Å². The number of aliphatic hydroxyl groups is 1. The summed E-state index contributed by atoms with van der Waals surface area (Å²) < 4.78 is 14.3. The van der Waals surface area contributed by atoms with Crippen LogP contribution in [-0.4, -0.2) is 42.6 Å². The summed E-state index contributed by atoms with van der Waals surface area (Å²) in [6.45, 7) is 8.32. The van der Waals surface area contributed by atoms with Crippen molar-refractivity contribution in [3.8, 4) is 17.3 Å². The number of hydrogen-bond donors (Lipinski definition) is 2. The molecule has 0 radical (unpaired) electrons. The standard InChI is InChI=1S/C24H24N6O4/c1-4-10-29-22(31)16-14-25-23(26-15-8-9-17-18(13-15)34-12-11-33-17)28-21(16)30(29)20-7-5-6-19(27-20)24(2,3)32/h4-9,13-14,32H,1,10-12H2,2-3H3,(H,25,26,28). The van der Waals surface area contributed by atoms with Crippen molar-refractivity contribution < 1.29 is 14.6 Å². The molecule has 174 valence electrons. The molecule has 2 N–H and O–H groups in total. The van der Waals surface area contributed by atoms with Gasteiger partial charge in [0.25, 0.3) is 5.56 Å². The molecule has 34 heavy (non-hydrogen) atoms. The van der Waals surface area contributed by atoms with Crippen LogP contribution in [0.5, 0.6) is 11.5 Å². The molecule has 4 aromatic rings. The molecule has 0 bridgehead atoms. The van der Waals surface area contributed by atoms with Gasteiger partial charge in [-0.3, -0.25) is 4.79 Å². The third-order valence-electron chi connectivity index (χ3n) is 5.35. The van der Waals surface area contributed by atoms with E-state index in [4.69, 9.17) is 9.47 Å². The van der Waals surface area contributed by atoms with Gasteiger partial charge >= 0.3 is 0 Å². The van der Waals surface area contributed by atoms with Crippen molar-refractivity contribution in [3.05, 3.63) is 71.3 Å². The lowest BCUT2D eigenvalue weighted by molar-refractivity contribution is 0.0738. The Kier molecular flexibility index (Phi) is 5.29. The maximum Gasteiger partial charge on any atom is 0.278 e. The minimum atomic E-state index is -1.15. The number of aromatic nitrogens is 5. The molecule has 4 heterocycles. The van der Waals surface area contributed by atoms with Gasteiger partial charge in [0, 0.05) is 18.0 Å². The van der Waals surface area contributed by atoms with Gasteiger partial charge in [0.2, 0.25) is 5.95 Å². The molecule has 0 unspecified atom stereocenters. The van der Waals surface area contributed by atoms with Crippen LogP contribution in [0.1, 0.15) is 19.5 Å². The Bertz CT molecular complexity index is 1450. The highest BCUT2D eigenvalue weighted by atomic mass is 16.6. The predicted molar refractivity (Wildman–Crippen MR) is 127 cm³/mol. The number of pyridine rings is 1. The predicted octanol–water partition coefficient (Wildman–Crippen LogP) is 2.91. The first-order valence-corrected chi connectivity index (χ1v) is 10.8. The number of rotatable bonds is 6. The van der Waals surface area contributed by atoms with Crippen LogP contribution in [0.4, 0.5) is 11.6 Å². The van der Waals surface area contributed by atoms with Gasteiger partial charge in [-0.2, -0.15) is 4.98 Å². The lowest BCUT2D eigenvalue weighted by atomic mass is 10.1. The van der Waals surface area contributed by atoms with Gasteiger partial charge in [-0.1, -0.05) is 12.1 Å². The van der Waals surface area contributed by atoms with Crippen molar-refractivity contribution >= 4 is 22.7 Å². The number of benzene rings is 1. The molecule has 0 atom stereocenters. The summed E-state index contributed by atoms with van der Waals surface area (Å²) in [5, 5.41) is 13.9. The Morgan fingerprint density at radius 1 is 1.18 bits per heavy atom. The molecule has 0 aliphatic carbocycles.